The van der Waals surface area contributed by atoms with Crippen LogP contribution in [0.25, 0.3) is 10.9 Å². The molecular weight excluding hydrogens is 172 g/mol. The Morgan fingerprint density at radius 2 is 2.14 bits per heavy atom. The van der Waals surface area contributed by atoms with Crippen molar-refractivity contribution in [3.63, 3.8) is 0 Å². The van der Waals surface area contributed by atoms with Crippen molar-refractivity contribution < 1.29 is 0 Å². The Kier molecular flexibility index (Phi) is 2.30. The Morgan fingerprint density at radius 3 is 2.86 bits per heavy atom. The molecule has 14 heavy (non-hydrogen) atoms. The van der Waals surface area contributed by atoms with Crippen LogP contribution in [0.4, 0.5) is 0 Å². The number of aryl methyl sites for hydroxylation is 2. The minimum atomic E-state index is 0.716. The van der Waals surface area contributed by atoms with E-state index in [9.17, 15) is 0 Å². The van der Waals surface area contributed by atoms with Crippen molar-refractivity contribution in [1.29, 1.82) is 0 Å². The SMILES string of the molecule is Cc1cn(C)c2cccc(CCN)c12. The third-order valence-electron chi connectivity index (χ3n) is 2.70. The number of hydrogen-bond donors (Lipinski definition) is 1. The number of hydrogen-bond acceptors (Lipinski definition) is 1. The van der Waals surface area contributed by atoms with Gasteiger partial charge in [0.2, 0.25) is 0 Å². The van der Waals surface area contributed by atoms with E-state index in [0.29, 0.717) is 6.54 Å². The number of fused-ring (bicyclic) bond motifs is 1. The summed E-state index contributed by atoms with van der Waals surface area (Å²) in [5.41, 5.74) is 9.60. The van der Waals surface area contributed by atoms with Crippen molar-refractivity contribution in [3.05, 3.63) is 35.5 Å². The van der Waals surface area contributed by atoms with E-state index in [2.05, 4.69) is 42.9 Å². The molecule has 0 bridgehead atoms. The van der Waals surface area contributed by atoms with Crippen LogP contribution in [-0.4, -0.2) is 11.1 Å². The van der Waals surface area contributed by atoms with Gasteiger partial charge in [0.1, 0.15) is 0 Å². The molecule has 1 heterocycles. The first-order valence-corrected chi connectivity index (χ1v) is 4.97. The van der Waals surface area contributed by atoms with E-state index in [1.165, 1.54) is 22.0 Å². The van der Waals surface area contributed by atoms with Crippen LogP contribution in [0.1, 0.15) is 11.1 Å². The number of nitrogens with zero attached hydrogens (tertiary/aromatic N) is 1. The van der Waals surface area contributed by atoms with E-state index in [1.807, 2.05) is 0 Å². The van der Waals surface area contributed by atoms with Crippen LogP contribution in [0.15, 0.2) is 24.4 Å². The molecule has 0 fully saturated rings. The quantitative estimate of drug-likeness (QED) is 0.767. The summed E-state index contributed by atoms with van der Waals surface area (Å²) in [6.45, 7) is 2.87. The lowest BCUT2D eigenvalue weighted by molar-refractivity contribution is 0.960. The molecule has 0 aliphatic heterocycles. The molecule has 74 valence electrons. The van der Waals surface area contributed by atoms with Gasteiger partial charge in [0, 0.05) is 24.1 Å². The zero-order valence-electron chi connectivity index (χ0n) is 8.75. The highest BCUT2D eigenvalue weighted by Crippen LogP contribution is 2.23. The minimum absolute atomic E-state index is 0.716. The van der Waals surface area contributed by atoms with Gasteiger partial charge in [-0.25, -0.2) is 0 Å². The number of benzene rings is 1. The molecule has 0 radical (unpaired) electrons. The Morgan fingerprint density at radius 1 is 1.36 bits per heavy atom. The van der Waals surface area contributed by atoms with E-state index >= 15 is 0 Å². The average Bonchev–Trinajstić information content (AvgIpc) is 2.44. The number of aromatic nitrogens is 1. The van der Waals surface area contributed by atoms with Gasteiger partial charge in [-0.05, 0) is 37.1 Å². The van der Waals surface area contributed by atoms with Gasteiger partial charge in [-0.1, -0.05) is 12.1 Å². The Balaban J connectivity index is 2.72. The number of rotatable bonds is 2. The molecule has 0 spiro atoms. The average molecular weight is 188 g/mol. The molecule has 0 unspecified atom stereocenters. The molecule has 0 saturated carbocycles. The highest BCUT2D eigenvalue weighted by molar-refractivity contribution is 5.87. The van der Waals surface area contributed by atoms with Crippen molar-refractivity contribution in [3.8, 4) is 0 Å². The van der Waals surface area contributed by atoms with Crippen LogP contribution < -0.4 is 5.73 Å². The maximum absolute atomic E-state index is 5.60. The normalized spacial score (nSPS) is 11.1. The summed E-state index contributed by atoms with van der Waals surface area (Å²) in [7, 11) is 2.08. The predicted molar refractivity (Wildman–Crippen MR) is 60.4 cm³/mol. The number of nitrogens with two attached hydrogens (primary N) is 1. The molecular formula is C12H16N2. The first-order chi connectivity index (χ1) is 6.74. The third kappa shape index (κ3) is 1.32. The van der Waals surface area contributed by atoms with E-state index < -0.39 is 0 Å². The van der Waals surface area contributed by atoms with Crippen LogP contribution in [0.5, 0.6) is 0 Å². The van der Waals surface area contributed by atoms with Crippen molar-refractivity contribution in [2.45, 2.75) is 13.3 Å². The van der Waals surface area contributed by atoms with Gasteiger partial charge >= 0.3 is 0 Å². The van der Waals surface area contributed by atoms with Gasteiger partial charge in [-0.15, -0.1) is 0 Å². The summed E-state index contributed by atoms with van der Waals surface area (Å²) >= 11 is 0. The second kappa shape index (κ2) is 3.46. The van der Waals surface area contributed by atoms with E-state index in [0.717, 1.165) is 6.42 Å². The first kappa shape index (κ1) is 9.28. The highest BCUT2D eigenvalue weighted by Gasteiger charge is 2.06. The second-order valence-corrected chi connectivity index (χ2v) is 3.77. The van der Waals surface area contributed by atoms with Crippen LogP contribution in [0.3, 0.4) is 0 Å². The first-order valence-electron chi connectivity index (χ1n) is 4.97. The topological polar surface area (TPSA) is 30.9 Å². The lowest BCUT2D eigenvalue weighted by atomic mass is 10.0. The summed E-state index contributed by atoms with van der Waals surface area (Å²) in [5.74, 6) is 0. The molecule has 2 aromatic rings. The maximum atomic E-state index is 5.60. The Labute approximate surface area is 84.3 Å². The van der Waals surface area contributed by atoms with Gasteiger partial charge < -0.3 is 10.3 Å². The zero-order valence-corrected chi connectivity index (χ0v) is 8.75. The van der Waals surface area contributed by atoms with Gasteiger partial charge in [0.15, 0.2) is 0 Å². The predicted octanol–water partition coefficient (Wildman–Crippen LogP) is 1.99. The Bertz CT molecular complexity index is 455. The monoisotopic (exact) mass is 188 g/mol. The summed E-state index contributed by atoms with van der Waals surface area (Å²) < 4.78 is 2.17. The smallest absolute Gasteiger partial charge is 0.0483 e. The lowest BCUT2D eigenvalue weighted by Gasteiger charge is -2.03. The lowest BCUT2D eigenvalue weighted by Crippen LogP contribution is -2.03. The molecule has 0 amide bonds. The molecule has 0 atom stereocenters. The summed E-state index contributed by atoms with van der Waals surface area (Å²) in [6.07, 6.45) is 3.13. The van der Waals surface area contributed by atoms with Gasteiger partial charge in [0.25, 0.3) is 0 Å². The maximum Gasteiger partial charge on any atom is 0.0483 e. The fraction of sp³-hybridized carbons (Fsp3) is 0.333. The van der Waals surface area contributed by atoms with Crippen molar-refractivity contribution in [2.24, 2.45) is 12.8 Å². The molecule has 2 heteroatoms. The molecule has 2 N–H and O–H groups in total. The largest absolute Gasteiger partial charge is 0.350 e. The van der Waals surface area contributed by atoms with Crippen molar-refractivity contribution >= 4 is 10.9 Å². The summed E-state index contributed by atoms with van der Waals surface area (Å²) in [6, 6.07) is 6.43. The standard InChI is InChI=1S/C12H16N2/c1-9-8-14(2)11-5-3-4-10(6-7-13)12(9)11/h3-5,8H,6-7,13H2,1-2H3. The van der Waals surface area contributed by atoms with Crippen LogP contribution in [0, 0.1) is 6.92 Å². The van der Waals surface area contributed by atoms with Crippen LogP contribution in [0.2, 0.25) is 0 Å². The molecule has 0 aliphatic carbocycles. The second-order valence-electron chi connectivity index (χ2n) is 3.77. The van der Waals surface area contributed by atoms with Gasteiger partial charge in [0.05, 0.1) is 0 Å². The van der Waals surface area contributed by atoms with Crippen molar-refractivity contribution in [2.75, 3.05) is 6.54 Å². The molecule has 0 saturated heterocycles. The Hall–Kier alpha value is -1.28. The van der Waals surface area contributed by atoms with Crippen LogP contribution >= 0.6 is 0 Å². The van der Waals surface area contributed by atoms with Crippen molar-refractivity contribution in [1.82, 2.24) is 4.57 Å². The van der Waals surface area contributed by atoms with E-state index in [4.69, 9.17) is 5.73 Å². The van der Waals surface area contributed by atoms with E-state index in [1.54, 1.807) is 0 Å². The minimum Gasteiger partial charge on any atom is -0.350 e. The summed E-state index contributed by atoms with van der Waals surface area (Å²) in [4.78, 5) is 0. The highest BCUT2D eigenvalue weighted by atomic mass is 14.9. The fourth-order valence-corrected chi connectivity index (χ4v) is 2.12. The molecule has 0 aliphatic rings. The molecule has 2 nitrogen and oxygen atoms in total. The molecule has 1 aromatic carbocycles. The van der Waals surface area contributed by atoms with Crippen LogP contribution in [-0.2, 0) is 13.5 Å². The summed E-state index contributed by atoms with van der Waals surface area (Å²) in [5, 5.41) is 1.38. The zero-order chi connectivity index (χ0) is 10.1. The van der Waals surface area contributed by atoms with E-state index in [-0.39, 0.29) is 0 Å². The third-order valence-corrected chi connectivity index (χ3v) is 2.70. The van der Waals surface area contributed by atoms with Gasteiger partial charge in [-0.2, -0.15) is 0 Å². The molecule has 2 rings (SSSR count). The fourth-order valence-electron chi connectivity index (χ4n) is 2.12. The van der Waals surface area contributed by atoms with Gasteiger partial charge in [-0.3, -0.25) is 0 Å². The molecule has 1 aromatic heterocycles.